The van der Waals surface area contributed by atoms with E-state index in [0.29, 0.717) is 13.0 Å². The molecule has 0 radical (unpaired) electrons. The fraction of sp³-hybridized carbons (Fsp3) is 0.833. The molecule has 1 saturated heterocycles. The van der Waals surface area contributed by atoms with Crippen LogP contribution in [-0.4, -0.2) is 34.9 Å². The molecule has 0 aromatic rings. The lowest BCUT2D eigenvalue weighted by molar-refractivity contribution is -0.137. The average molecular weight is 182 g/mol. The Labute approximate surface area is 71.0 Å². The smallest absolute Gasteiger partial charge is 0.304 e. The van der Waals surface area contributed by atoms with Crippen LogP contribution in [0, 0.1) is 0 Å². The quantitative estimate of drug-likeness (QED) is 0.543. The van der Waals surface area contributed by atoms with E-state index >= 15 is 0 Å². The number of hydrogen-bond donors (Lipinski definition) is 3. The third-order valence-electron chi connectivity index (χ3n) is 1.62. The minimum absolute atomic E-state index is 0. The van der Waals surface area contributed by atoms with Crippen molar-refractivity contribution in [2.24, 2.45) is 0 Å². The predicted molar refractivity (Wildman–Crippen MR) is 41.9 cm³/mol. The first kappa shape index (κ1) is 10.7. The van der Waals surface area contributed by atoms with Crippen molar-refractivity contribution < 1.29 is 15.0 Å². The van der Waals surface area contributed by atoms with Gasteiger partial charge in [0, 0.05) is 12.6 Å². The minimum Gasteiger partial charge on any atom is -0.481 e. The third-order valence-corrected chi connectivity index (χ3v) is 1.62. The lowest BCUT2D eigenvalue weighted by atomic mass is 10.1. The van der Waals surface area contributed by atoms with Crippen molar-refractivity contribution in [1.29, 1.82) is 0 Å². The van der Waals surface area contributed by atoms with Crippen molar-refractivity contribution >= 4 is 18.4 Å². The molecule has 0 bridgehead atoms. The molecule has 1 heterocycles. The Morgan fingerprint density at radius 3 is 2.64 bits per heavy atom. The van der Waals surface area contributed by atoms with E-state index in [0.717, 1.165) is 0 Å². The first-order chi connectivity index (χ1) is 4.68. The average Bonchev–Trinajstić information content (AvgIpc) is 2.13. The largest absolute Gasteiger partial charge is 0.481 e. The molecule has 0 aliphatic carbocycles. The molecule has 0 aromatic heterocycles. The van der Waals surface area contributed by atoms with E-state index in [1.165, 1.54) is 0 Å². The van der Waals surface area contributed by atoms with Crippen molar-refractivity contribution in [1.82, 2.24) is 5.32 Å². The summed E-state index contributed by atoms with van der Waals surface area (Å²) in [7, 11) is 0. The maximum absolute atomic E-state index is 10.1. The topological polar surface area (TPSA) is 69.6 Å². The number of carboxylic acid groups (broad SMARTS) is 1. The molecule has 11 heavy (non-hydrogen) atoms. The van der Waals surface area contributed by atoms with Crippen LogP contribution in [0.1, 0.15) is 12.8 Å². The molecule has 66 valence electrons. The summed E-state index contributed by atoms with van der Waals surface area (Å²) in [6, 6.07) is -0.0347. The maximum Gasteiger partial charge on any atom is 0.304 e. The lowest BCUT2D eigenvalue weighted by Crippen LogP contribution is -2.24. The molecular formula is C6H12ClNO3. The van der Waals surface area contributed by atoms with Gasteiger partial charge in [-0.05, 0) is 6.42 Å². The number of nitrogens with one attached hydrogen (secondary N) is 1. The van der Waals surface area contributed by atoms with E-state index in [9.17, 15) is 4.79 Å². The van der Waals surface area contributed by atoms with Crippen LogP contribution in [0.5, 0.6) is 0 Å². The van der Waals surface area contributed by atoms with Crippen LogP contribution in [-0.2, 0) is 4.79 Å². The fourth-order valence-corrected chi connectivity index (χ4v) is 1.16. The molecule has 0 saturated carbocycles. The zero-order valence-corrected chi connectivity index (χ0v) is 6.80. The summed E-state index contributed by atoms with van der Waals surface area (Å²) in [5.41, 5.74) is 0. The lowest BCUT2D eigenvalue weighted by Gasteiger charge is -2.03. The van der Waals surface area contributed by atoms with Gasteiger partial charge >= 0.3 is 5.97 Å². The van der Waals surface area contributed by atoms with Crippen LogP contribution in [0.4, 0.5) is 0 Å². The zero-order valence-electron chi connectivity index (χ0n) is 5.99. The number of β-amino-alcohol motifs (C(OH)–C–C–N with tert-alkyl or cyclic N) is 1. The number of aliphatic carboxylic acids is 1. The van der Waals surface area contributed by atoms with Gasteiger partial charge in [-0.3, -0.25) is 4.79 Å². The monoisotopic (exact) mass is 181 g/mol. The number of aliphatic hydroxyl groups is 1. The number of hydrogen-bond acceptors (Lipinski definition) is 3. The van der Waals surface area contributed by atoms with Crippen LogP contribution in [0.2, 0.25) is 0 Å². The highest BCUT2D eigenvalue weighted by molar-refractivity contribution is 5.85. The van der Waals surface area contributed by atoms with E-state index in [2.05, 4.69) is 5.32 Å². The molecule has 0 amide bonds. The molecule has 1 rings (SSSR count). The normalized spacial score (nSPS) is 29.5. The Balaban J connectivity index is 0.000001000. The Hall–Kier alpha value is -0.320. The third kappa shape index (κ3) is 3.55. The van der Waals surface area contributed by atoms with Gasteiger partial charge in [0.2, 0.25) is 0 Å². The van der Waals surface area contributed by atoms with Crippen LogP contribution >= 0.6 is 12.4 Å². The summed E-state index contributed by atoms with van der Waals surface area (Å²) in [5.74, 6) is -0.813. The van der Waals surface area contributed by atoms with E-state index in [4.69, 9.17) is 10.2 Å². The van der Waals surface area contributed by atoms with Gasteiger partial charge in [-0.25, -0.2) is 0 Å². The molecule has 0 aromatic carbocycles. The summed E-state index contributed by atoms with van der Waals surface area (Å²) in [6.45, 7) is 0.526. The number of halogens is 1. The SMILES string of the molecule is Cl.O=C(O)CC1CC(O)CN1. The number of aliphatic hydroxyl groups excluding tert-OH is 1. The standard InChI is InChI=1S/C6H11NO3.ClH/c8-5-1-4(7-3-5)2-6(9)10;/h4-5,7-8H,1-3H2,(H,9,10);1H. The van der Waals surface area contributed by atoms with Gasteiger partial charge in [0.25, 0.3) is 0 Å². The molecule has 4 nitrogen and oxygen atoms in total. The Morgan fingerprint density at radius 1 is 1.64 bits per heavy atom. The minimum atomic E-state index is -0.813. The second-order valence-electron chi connectivity index (χ2n) is 2.59. The summed E-state index contributed by atoms with van der Waals surface area (Å²) < 4.78 is 0. The van der Waals surface area contributed by atoms with Crippen molar-refractivity contribution in [2.75, 3.05) is 6.54 Å². The Morgan fingerprint density at radius 2 is 2.27 bits per heavy atom. The first-order valence-corrected chi connectivity index (χ1v) is 3.31. The summed E-state index contributed by atoms with van der Waals surface area (Å²) in [4.78, 5) is 10.1. The van der Waals surface area contributed by atoms with Crippen molar-refractivity contribution in [2.45, 2.75) is 25.0 Å². The van der Waals surface area contributed by atoms with Crippen LogP contribution in [0.3, 0.4) is 0 Å². The van der Waals surface area contributed by atoms with E-state index < -0.39 is 5.97 Å². The van der Waals surface area contributed by atoms with Crippen LogP contribution in [0.15, 0.2) is 0 Å². The van der Waals surface area contributed by atoms with E-state index in [1.54, 1.807) is 0 Å². The molecule has 1 fully saturated rings. The summed E-state index contributed by atoms with van der Waals surface area (Å²) >= 11 is 0. The second-order valence-corrected chi connectivity index (χ2v) is 2.59. The van der Waals surface area contributed by atoms with Crippen LogP contribution < -0.4 is 5.32 Å². The van der Waals surface area contributed by atoms with Gasteiger partial charge < -0.3 is 15.5 Å². The molecule has 2 unspecified atom stereocenters. The van der Waals surface area contributed by atoms with Gasteiger partial charge in [0.1, 0.15) is 0 Å². The van der Waals surface area contributed by atoms with Gasteiger partial charge in [0.05, 0.1) is 12.5 Å². The Bertz CT molecular complexity index is 142. The van der Waals surface area contributed by atoms with Gasteiger partial charge in [0.15, 0.2) is 0 Å². The van der Waals surface area contributed by atoms with Crippen molar-refractivity contribution in [3.63, 3.8) is 0 Å². The highest BCUT2D eigenvalue weighted by Gasteiger charge is 2.23. The van der Waals surface area contributed by atoms with Crippen molar-refractivity contribution in [3.05, 3.63) is 0 Å². The second kappa shape index (κ2) is 4.54. The summed E-state index contributed by atoms with van der Waals surface area (Å²) in [5, 5.41) is 20.2. The molecule has 2 atom stereocenters. The van der Waals surface area contributed by atoms with Crippen molar-refractivity contribution in [3.8, 4) is 0 Å². The van der Waals surface area contributed by atoms with Gasteiger partial charge in [-0.1, -0.05) is 0 Å². The first-order valence-electron chi connectivity index (χ1n) is 3.31. The molecule has 3 N–H and O–H groups in total. The summed E-state index contributed by atoms with van der Waals surface area (Å²) in [6.07, 6.45) is 0.313. The molecule has 5 heteroatoms. The molecule has 1 aliphatic rings. The molecule has 1 aliphatic heterocycles. The van der Waals surface area contributed by atoms with Gasteiger partial charge in [-0.2, -0.15) is 0 Å². The van der Waals surface area contributed by atoms with E-state index in [1.807, 2.05) is 0 Å². The maximum atomic E-state index is 10.1. The van der Waals surface area contributed by atoms with Crippen LogP contribution in [0.25, 0.3) is 0 Å². The number of carboxylic acids is 1. The predicted octanol–water partition coefficient (Wildman–Crippen LogP) is -0.394. The molecule has 0 spiro atoms. The Kier molecular flexibility index (Phi) is 4.40. The van der Waals surface area contributed by atoms with E-state index in [-0.39, 0.29) is 31.0 Å². The number of carbonyl (C=O) groups is 1. The highest BCUT2D eigenvalue weighted by atomic mass is 35.5. The zero-order chi connectivity index (χ0) is 7.56. The highest BCUT2D eigenvalue weighted by Crippen LogP contribution is 2.08. The van der Waals surface area contributed by atoms with Gasteiger partial charge in [-0.15, -0.1) is 12.4 Å². The molecular weight excluding hydrogens is 170 g/mol. The number of rotatable bonds is 2. The fourth-order valence-electron chi connectivity index (χ4n) is 1.16.